The highest BCUT2D eigenvalue weighted by Crippen LogP contribution is 2.09. The third kappa shape index (κ3) is 6.56. The van der Waals surface area contributed by atoms with Crippen LogP contribution in [0.5, 0.6) is 5.88 Å². The molecule has 0 spiro atoms. The number of morpholine rings is 1. The lowest BCUT2D eigenvalue weighted by atomic mass is 10.3. The summed E-state index contributed by atoms with van der Waals surface area (Å²) in [6.45, 7) is 9.98. The number of nitrogens with zero attached hydrogens (tertiary/aromatic N) is 5. The van der Waals surface area contributed by atoms with E-state index in [9.17, 15) is 4.79 Å². The van der Waals surface area contributed by atoms with E-state index in [1.54, 1.807) is 7.05 Å². The molecule has 30 heavy (non-hydrogen) atoms. The molecule has 166 valence electrons. The van der Waals surface area contributed by atoms with Crippen molar-refractivity contribution in [2.45, 2.75) is 19.9 Å². The topological polar surface area (TPSA) is 82.5 Å². The van der Waals surface area contributed by atoms with Gasteiger partial charge in [0, 0.05) is 65.1 Å². The highest BCUT2D eigenvalue weighted by molar-refractivity contribution is 5.80. The van der Waals surface area contributed by atoms with Crippen LogP contribution in [0.3, 0.4) is 0 Å². The zero-order valence-electron chi connectivity index (χ0n) is 18.2. The first-order valence-corrected chi connectivity index (χ1v) is 10.8. The summed E-state index contributed by atoms with van der Waals surface area (Å²) in [6, 6.07) is 3.92. The number of nitrogens with one attached hydrogen (secondary N) is 1. The molecule has 2 aliphatic heterocycles. The molecule has 2 fully saturated rings. The first-order valence-electron chi connectivity index (χ1n) is 10.8. The molecule has 3 rings (SSSR count). The van der Waals surface area contributed by atoms with Gasteiger partial charge in [-0.15, -0.1) is 0 Å². The second-order valence-corrected chi connectivity index (χ2v) is 7.51. The largest absolute Gasteiger partial charge is 0.478 e. The number of carbonyl (C=O) groups excluding carboxylic acids is 1. The number of ether oxygens (including phenoxy) is 2. The fraction of sp³-hybridized carbons (Fsp3) is 0.667. The van der Waals surface area contributed by atoms with Crippen molar-refractivity contribution in [3.8, 4) is 5.88 Å². The van der Waals surface area contributed by atoms with Crippen LogP contribution in [0.4, 0.5) is 0 Å². The fourth-order valence-corrected chi connectivity index (χ4v) is 3.54. The van der Waals surface area contributed by atoms with Crippen LogP contribution in [-0.4, -0.2) is 104 Å². The number of aromatic nitrogens is 1. The number of piperazine rings is 1. The normalized spacial score (nSPS) is 18.4. The van der Waals surface area contributed by atoms with Crippen LogP contribution in [0.2, 0.25) is 0 Å². The Morgan fingerprint density at radius 2 is 1.93 bits per heavy atom. The minimum Gasteiger partial charge on any atom is -0.478 e. The Morgan fingerprint density at radius 3 is 2.57 bits per heavy atom. The predicted molar refractivity (Wildman–Crippen MR) is 116 cm³/mol. The third-order valence-electron chi connectivity index (χ3n) is 5.31. The Kier molecular flexibility index (Phi) is 8.70. The summed E-state index contributed by atoms with van der Waals surface area (Å²) in [5, 5.41) is 3.41. The molecular weight excluding hydrogens is 384 g/mol. The first-order chi connectivity index (χ1) is 14.7. The Morgan fingerprint density at radius 1 is 1.17 bits per heavy atom. The Labute approximate surface area is 179 Å². The van der Waals surface area contributed by atoms with Gasteiger partial charge in [-0.05, 0) is 12.0 Å². The van der Waals surface area contributed by atoms with Crippen molar-refractivity contribution in [2.24, 2.45) is 4.99 Å². The molecule has 2 saturated heterocycles. The van der Waals surface area contributed by atoms with Gasteiger partial charge in [-0.2, -0.15) is 0 Å². The molecule has 9 nitrogen and oxygen atoms in total. The zero-order chi connectivity index (χ0) is 21.2. The number of guanidine groups is 1. The van der Waals surface area contributed by atoms with Crippen molar-refractivity contribution in [3.63, 3.8) is 0 Å². The first kappa shape index (κ1) is 22.3. The van der Waals surface area contributed by atoms with Crippen LogP contribution < -0.4 is 10.1 Å². The van der Waals surface area contributed by atoms with E-state index in [2.05, 4.69) is 32.0 Å². The quantitative estimate of drug-likeness (QED) is 0.508. The Hall–Kier alpha value is -2.39. The van der Waals surface area contributed by atoms with Gasteiger partial charge in [0.1, 0.15) is 0 Å². The lowest BCUT2D eigenvalue weighted by Crippen LogP contribution is -2.54. The van der Waals surface area contributed by atoms with E-state index in [4.69, 9.17) is 9.47 Å². The molecule has 0 bridgehead atoms. The number of hydrogen-bond acceptors (Lipinski definition) is 6. The molecular formula is C21H34N6O3. The number of aliphatic imine (C=N–C) groups is 1. The summed E-state index contributed by atoms with van der Waals surface area (Å²) in [7, 11) is 1.80. The SMILES string of the molecule is CCCOc1ccc(CNC(=NC)N2CCN(CC(=O)N3CCOCC3)CC2)cn1. The van der Waals surface area contributed by atoms with Crippen molar-refractivity contribution in [1.29, 1.82) is 0 Å². The molecule has 0 saturated carbocycles. The molecule has 0 aliphatic carbocycles. The molecule has 0 unspecified atom stereocenters. The van der Waals surface area contributed by atoms with Crippen molar-refractivity contribution < 1.29 is 14.3 Å². The number of amides is 1. The average molecular weight is 419 g/mol. The van der Waals surface area contributed by atoms with Crippen molar-refractivity contribution in [2.75, 3.05) is 72.7 Å². The fourth-order valence-electron chi connectivity index (χ4n) is 3.54. The van der Waals surface area contributed by atoms with Crippen molar-refractivity contribution in [1.82, 2.24) is 25.0 Å². The van der Waals surface area contributed by atoms with Gasteiger partial charge in [0.15, 0.2) is 5.96 Å². The van der Waals surface area contributed by atoms with Crippen LogP contribution in [0.25, 0.3) is 0 Å². The molecule has 0 atom stereocenters. The zero-order valence-corrected chi connectivity index (χ0v) is 18.2. The van der Waals surface area contributed by atoms with Gasteiger partial charge < -0.3 is 24.6 Å². The van der Waals surface area contributed by atoms with Crippen LogP contribution in [-0.2, 0) is 16.1 Å². The highest BCUT2D eigenvalue weighted by Gasteiger charge is 2.24. The smallest absolute Gasteiger partial charge is 0.236 e. The maximum atomic E-state index is 12.4. The summed E-state index contributed by atoms with van der Waals surface area (Å²) >= 11 is 0. The minimum atomic E-state index is 0.202. The van der Waals surface area contributed by atoms with Crippen molar-refractivity contribution in [3.05, 3.63) is 23.9 Å². The second-order valence-electron chi connectivity index (χ2n) is 7.51. The number of rotatable bonds is 7. The van der Waals surface area contributed by atoms with E-state index in [0.717, 1.165) is 44.1 Å². The molecule has 2 aliphatic rings. The second kappa shape index (κ2) is 11.7. The number of pyridine rings is 1. The maximum absolute atomic E-state index is 12.4. The van der Waals surface area contributed by atoms with E-state index >= 15 is 0 Å². The molecule has 9 heteroatoms. The standard InChI is InChI=1S/C21H34N6O3/c1-3-12-30-19-5-4-18(15-23-19)16-24-21(22-2)27-8-6-25(7-9-27)17-20(28)26-10-13-29-14-11-26/h4-5,15H,3,6-14,16-17H2,1-2H3,(H,22,24). The summed E-state index contributed by atoms with van der Waals surface area (Å²) in [6.07, 6.45) is 2.80. The van der Waals surface area contributed by atoms with Crippen LogP contribution >= 0.6 is 0 Å². The molecule has 1 N–H and O–H groups in total. The van der Waals surface area contributed by atoms with Gasteiger partial charge in [-0.1, -0.05) is 13.0 Å². The van der Waals surface area contributed by atoms with Gasteiger partial charge in [0.05, 0.1) is 26.4 Å². The van der Waals surface area contributed by atoms with Gasteiger partial charge >= 0.3 is 0 Å². The summed E-state index contributed by atoms with van der Waals surface area (Å²) < 4.78 is 10.9. The summed E-state index contributed by atoms with van der Waals surface area (Å²) in [5.74, 6) is 1.74. The van der Waals surface area contributed by atoms with E-state index in [1.807, 2.05) is 23.2 Å². The van der Waals surface area contributed by atoms with E-state index in [0.29, 0.717) is 51.9 Å². The third-order valence-corrected chi connectivity index (χ3v) is 5.31. The molecule has 0 radical (unpaired) electrons. The van der Waals surface area contributed by atoms with E-state index in [1.165, 1.54) is 0 Å². The molecule has 1 aromatic rings. The number of hydrogen-bond donors (Lipinski definition) is 1. The Balaban J connectivity index is 1.40. The van der Waals surface area contributed by atoms with Gasteiger partial charge in [0.25, 0.3) is 0 Å². The van der Waals surface area contributed by atoms with Crippen LogP contribution in [0.15, 0.2) is 23.3 Å². The van der Waals surface area contributed by atoms with E-state index < -0.39 is 0 Å². The molecule has 0 aromatic carbocycles. The average Bonchev–Trinajstić information content (AvgIpc) is 2.80. The van der Waals surface area contributed by atoms with Gasteiger partial charge in [-0.3, -0.25) is 14.7 Å². The lowest BCUT2D eigenvalue weighted by Gasteiger charge is -2.37. The van der Waals surface area contributed by atoms with Gasteiger partial charge in [-0.25, -0.2) is 4.98 Å². The molecule has 1 aromatic heterocycles. The van der Waals surface area contributed by atoms with Crippen molar-refractivity contribution >= 4 is 11.9 Å². The molecule has 3 heterocycles. The Bertz CT molecular complexity index is 682. The van der Waals surface area contributed by atoms with Crippen LogP contribution in [0, 0.1) is 0 Å². The maximum Gasteiger partial charge on any atom is 0.236 e. The number of carbonyl (C=O) groups is 1. The molecule has 1 amide bonds. The van der Waals surface area contributed by atoms with E-state index in [-0.39, 0.29) is 5.91 Å². The van der Waals surface area contributed by atoms with Crippen LogP contribution in [0.1, 0.15) is 18.9 Å². The predicted octanol–water partition coefficient (Wildman–Crippen LogP) is 0.422. The monoisotopic (exact) mass is 418 g/mol. The highest BCUT2D eigenvalue weighted by atomic mass is 16.5. The summed E-state index contributed by atoms with van der Waals surface area (Å²) in [5.41, 5.74) is 1.08. The van der Waals surface area contributed by atoms with Gasteiger partial charge in [0.2, 0.25) is 11.8 Å². The summed E-state index contributed by atoms with van der Waals surface area (Å²) in [4.78, 5) is 27.6. The minimum absolute atomic E-state index is 0.202. The lowest BCUT2D eigenvalue weighted by molar-refractivity contribution is -0.136.